The number of piperidine rings is 1. The Morgan fingerprint density at radius 1 is 0.971 bits per heavy atom. The zero-order chi connectivity index (χ0) is 22.9. The van der Waals surface area contributed by atoms with Crippen LogP contribution in [0.3, 0.4) is 0 Å². The van der Waals surface area contributed by atoms with E-state index < -0.39 is 0 Å². The van der Waals surface area contributed by atoms with Crippen LogP contribution in [0.25, 0.3) is 16.3 Å². The fourth-order valence-corrected chi connectivity index (χ4v) is 5.91. The highest BCUT2D eigenvalue weighted by molar-refractivity contribution is 7.13. The van der Waals surface area contributed by atoms with Gasteiger partial charge in [-0.1, -0.05) is 30.7 Å². The molecule has 1 amide bonds. The van der Waals surface area contributed by atoms with Crippen LogP contribution in [-0.4, -0.2) is 48.4 Å². The third-order valence-corrected chi connectivity index (χ3v) is 7.81. The van der Waals surface area contributed by atoms with Crippen molar-refractivity contribution >= 4 is 17.2 Å². The van der Waals surface area contributed by atoms with Crippen molar-refractivity contribution < 1.29 is 4.79 Å². The number of hydrogen-bond donors (Lipinski definition) is 0. The molecule has 7 nitrogen and oxygen atoms in total. The first-order chi connectivity index (χ1) is 16.8. The lowest BCUT2D eigenvalue weighted by Crippen LogP contribution is -2.40. The number of para-hydroxylation sites is 1. The number of fused-ring (bicyclic) bond motifs is 1. The molecule has 5 heterocycles. The molecule has 3 aromatic heterocycles. The number of rotatable bonds is 4. The van der Waals surface area contributed by atoms with Gasteiger partial charge in [-0.3, -0.25) is 4.79 Å². The third kappa shape index (κ3) is 3.96. The Bertz CT molecular complexity index is 1280. The van der Waals surface area contributed by atoms with E-state index in [0.29, 0.717) is 12.1 Å². The minimum Gasteiger partial charge on any atom is -0.338 e. The molecule has 1 aromatic carbocycles. The fourth-order valence-electron chi connectivity index (χ4n) is 5.19. The minimum absolute atomic E-state index is 0.0471. The summed E-state index contributed by atoms with van der Waals surface area (Å²) in [4.78, 5) is 16.9. The van der Waals surface area contributed by atoms with Crippen LogP contribution < -0.4 is 0 Å². The van der Waals surface area contributed by atoms with Gasteiger partial charge in [0, 0.05) is 38.2 Å². The lowest BCUT2D eigenvalue weighted by molar-refractivity contribution is 0.0704. The quantitative estimate of drug-likeness (QED) is 0.422. The fraction of sp³-hybridized carbons (Fsp3) is 0.385. The second-order valence-corrected chi connectivity index (χ2v) is 10.1. The number of thiophene rings is 1. The van der Waals surface area contributed by atoms with Crippen LogP contribution >= 0.6 is 11.3 Å². The molecule has 0 spiro atoms. The van der Waals surface area contributed by atoms with Crippen molar-refractivity contribution in [1.29, 1.82) is 0 Å². The maximum absolute atomic E-state index is 13.9. The standard InChI is InChI=1S/C26H28N6OS/c33-26(21-18-32(20-10-3-1-4-11-20)29-24(21)22-12-8-16-34-22)30-14-7-9-19(17-30)25-28-27-23-13-5-2-6-15-31(23)25/h1,3-4,8,10-12,16,18-19H,2,5-7,9,13-15,17H2. The summed E-state index contributed by atoms with van der Waals surface area (Å²) in [6.45, 7) is 2.43. The van der Waals surface area contributed by atoms with E-state index in [1.54, 1.807) is 11.3 Å². The second kappa shape index (κ2) is 9.18. The molecule has 34 heavy (non-hydrogen) atoms. The molecular weight excluding hydrogens is 444 g/mol. The molecule has 1 saturated heterocycles. The first kappa shape index (κ1) is 21.3. The van der Waals surface area contributed by atoms with Crippen molar-refractivity contribution in [3.63, 3.8) is 0 Å². The van der Waals surface area contributed by atoms with Crippen molar-refractivity contribution in [2.24, 2.45) is 0 Å². The van der Waals surface area contributed by atoms with E-state index >= 15 is 0 Å². The summed E-state index contributed by atoms with van der Waals surface area (Å²) >= 11 is 1.61. The summed E-state index contributed by atoms with van der Waals surface area (Å²) in [5, 5.41) is 15.9. The van der Waals surface area contributed by atoms with E-state index in [1.165, 1.54) is 19.3 Å². The normalized spacial score (nSPS) is 18.5. The van der Waals surface area contributed by atoms with Crippen molar-refractivity contribution in [2.45, 2.75) is 51.0 Å². The van der Waals surface area contributed by atoms with Gasteiger partial charge < -0.3 is 9.47 Å². The molecular formula is C26H28N6OS. The van der Waals surface area contributed by atoms with Crippen LogP contribution in [-0.2, 0) is 13.0 Å². The van der Waals surface area contributed by atoms with Gasteiger partial charge in [-0.25, -0.2) is 4.68 Å². The molecule has 2 aliphatic rings. The lowest BCUT2D eigenvalue weighted by atomic mass is 9.96. The Kier molecular flexibility index (Phi) is 5.74. The van der Waals surface area contributed by atoms with Gasteiger partial charge in [0.25, 0.3) is 5.91 Å². The third-order valence-electron chi connectivity index (χ3n) is 6.93. The van der Waals surface area contributed by atoms with Gasteiger partial charge in [-0.15, -0.1) is 21.5 Å². The van der Waals surface area contributed by atoms with Crippen LogP contribution in [0.4, 0.5) is 0 Å². The maximum Gasteiger partial charge on any atom is 0.257 e. The zero-order valence-corrected chi connectivity index (χ0v) is 20.0. The van der Waals surface area contributed by atoms with Crippen LogP contribution in [0.2, 0.25) is 0 Å². The number of benzene rings is 1. The first-order valence-electron chi connectivity index (χ1n) is 12.2. The van der Waals surface area contributed by atoms with E-state index in [0.717, 1.165) is 60.3 Å². The van der Waals surface area contributed by atoms with E-state index in [4.69, 9.17) is 5.10 Å². The predicted octanol–water partition coefficient (Wildman–Crippen LogP) is 4.94. The van der Waals surface area contributed by atoms with Crippen LogP contribution in [0.1, 0.15) is 60.0 Å². The smallest absolute Gasteiger partial charge is 0.257 e. The SMILES string of the molecule is O=C(c1cn(-c2ccccc2)nc1-c1cccs1)N1CCCC(c2nnc3n2CCCCC3)C1. The lowest BCUT2D eigenvalue weighted by Gasteiger charge is -2.32. The second-order valence-electron chi connectivity index (χ2n) is 9.18. The topological polar surface area (TPSA) is 68.8 Å². The van der Waals surface area contributed by atoms with E-state index in [1.807, 2.05) is 63.6 Å². The van der Waals surface area contributed by atoms with E-state index in [-0.39, 0.29) is 11.8 Å². The highest BCUT2D eigenvalue weighted by atomic mass is 32.1. The van der Waals surface area contributed by atoms with E-state index in [9.17, 15) is 4.79 Å². The van der Waals surface area contributed by atoms with Crippen LogP contribution in [0.5, 0.6) is 0 Å². The summed E-state index contributed by atoms with van der Waals surface area (Å²) < 4.78 is 4.15. The molecule has 174 valence electrons. The van der Waals surface area contributed by atoms with Gasteiger partial charge in [0.1, 0.15) is 17.3 Å². The first-order valence-corrected chi connectivity index (χ1v) is 13.1. The Hall–Kier alpha value is -3.26. The van der Waals surface area contributed by atoms with Gasteiger partial charge in [0.05, 0.1) is 16.1 Å². The van der Waals surface area contributed by atoms with Crippen molar-refractivity contribution in [2.75, 3.05) is 13.1 Å². The molecule has 0 saturated carbocycles. The molecule has 2 aliphatic heterocycles. The predicted molar refractivity (Wildman–Crippen MR) is 132 cm³/mol. The van der Waals surface area contributed by atoms with Gasteiger partial charge in [0.2, 0.25) is 0 Å². The molecule has 1 atom stereocenters. The summed E-state index contributed by atoms with van der Waals surface area (Å²) in [5.41, 5.74) is 2.36. The number of aryl methyl sites for hydroxylation is 1. The number of carbonyl (C=O) groups is 1. The monoisotopic (exact) mass is 472 g/mol. The minimum atomic E-state index is 0.0471. The number of carbonyl (C=O) groups excluding carboxylic acids is 1. The van der Waals surface area contributed by atoms with Gasteiger partial charge >= 0.3 is 0 Å². The van der Waals surface area contributed by atoms with E-state index in [2.05, 4.69) is 14.8 Å². The Labute approximate surface area is 203 Å². The summed E-state index contributed by atoms with van der Waals surface area (Å²) in [6, 6.07) is 14.0. The Morgan fingerprint density at radius 3 is 2.74 bits per heavy atom. The van der Waals surface area contributed by atoms with Crippen molar-refractivity contribution in [3.05, 3.63) is 71.3 Å². The summed E-state index contributed by atoms with van der Waals surface area (Å²) in [7, 11) is 0. The molecule has 0 aliphatic carbocycles. The van der Waals surface area contributed by atoms with Crippen molar-refractivity contribution in [1.82, 2.24) is 29.4 Å². The van der Waals surface area contributed by atoms with Gasteiger partial charge in [-0.05, 0) is 49.3 Å². The zero-order valence-electron chi connectivity index (χ0n) is 19.1. The molecule has 1 fully saturated rings. The average molecular weight is 473 g/mol. The molecule has 8 heteroatoms. The summed E-state index contributed by atoms with van der Waals surface area (Å²) in [5.74, 6) is 2.45. The molecule has 1 unspecified atom stereocenters. The number of hydrogen-bond acceptors (Lipinski definition) is 5. The molecule has 0 bridgehead atoms. The molecule has 4 aromatic rings. The van der Waals surface area contributed by atoms with Crippen LogP contribution in [0.15, 0.2) is 54.0 Å². The Balaban J connectivity index is 1.30. The molecule has 6 rings (SSSR count). The number of amides is 1. The van der Waals surface area contributed by atoms with Gasteiger partial charge in [0.15, 0.2) is 0 Å². The van der Waals surface area contributed by atoms with Crippen LogP contribution in [0, 0.1) is 0 Å². The Morgan fingerprint density at radius 2 is 1.88 bits per heavy atom. The summed E-state index contributed by atoms with van der Waals surface area (Å²) in [6.07, 6.45) is 8.52. The number of nitrogens with zero attached hydrogens (tertiary/aromatic N) is 6. The highest BCUT2D eigenvalue weighted by Gasteiger charge is 2.32. The largest absolute Gasteiger partial charge is 0.338 e. The maximum atomic E-state index is 13.9. The van der Waals surface area contributed by atoms with Crippen molar-refractivity contribution in [3.8, 4) is 16.3 Å². The number of aromatic nitrogens is 5. The number of likely N-dealkylation sites (tertiary alicyclic amines) is 1. The molecule has 0 N–H and O–H groups in total. The van der Waals surface area contributed by atoms with Gasteiger partial charge in [-0.2, -0.15) is 5.10 Å². The average Bonchev–Trinajstić information content (AvgIpc) is 3.62. The molecule has 0 radical (unpaired) electrons. The highest BCUT2D eigenvalue weighted by Crippen LogP contribution is 2.32.